The van der Waals surface area contributed by atoms with E-state index in [9.17, 15) is 24.8 Å². The first-order valence-electron chi connectivity index (χ1n) is 15.0. The molecule has 10 nitrogen and oxygen atoms in total. The van der Waals surface area contributed by atoms with Gasteiger partial charge in [-0.1, -0.05) is 36.4 Å². The van der Waals surface area contributed by atoms with E-state index in [1.165, 1.54) is 31.4 Å². The van der Waals surface area contributed by atoms with E-state index < -0.39 is 11.7 Å². The molecule has 0 bridgehead atoms. The van der Waals surface area contributed by atoms with E-state index >= 15 is 0 Å². The lowest BCUT2D eigenvalue weighted by Crippen LogP contribution is -2.31. The zero-order chi connectivity index (χ0) is 33.3. The first-order valence-corrected chi connectivity index (χ1v) is 15.0. The number of rotatable bonds is 9. The van der Waals surface area contributed by atoms with Crippen LogP contribution in [0.5, 0.6) is 11.5 Å². The summed E-state index contributed by atoms with van der Waals surface area (Å²) in [6, 6.07) is 21.3. The number of amides is 1. The summed E-state index contributed by atoms with van der Waals surface area (Å²) in [6.07, 6.45) is 7.09. The van der Waals surface area contributed by atoms with Gasteiger partial charge < -0.3 is 20.1 Å². The third-order valence-corrected chi connectivity index (χ3v) is 8.18. The molecule has 2 heterocycles. The Morgan fingerprint density at radius 2 is 1.87 bits per heavy atom. The molecule has 11 heteroatoms. The predicted molar refractivity (Wildman–Crippen MR) is 175 cm³/mol. The summed E-state index contributed by atoms with van der Waals surface area (Å²) in [7, 11) is 1.45. The van der Waals surface area contributed by atoms with E-state index in [4.69, 9.17) is 14.9 Å². The fourth-order valence-corrected chi connectivity index (χ4v) is 5.71. The van der Waals surface area contributed by atoms with Crippen LogP contribution in [0.3, 0.4) is 0 Å². The molecule has 1 amide bonds. The van der Waals surface area contributed by atoms with Crippen molar-refractivity contribution < 1.29 is 24.2 Å². The molecule has 1 aliphatic rings. The number of carbonyl (C=O) groups excluding carboxylic acids is 1. The number of aromatic nitrogens is 1. The van der Waals surface area contributed by atoms with E-state index in [-0.39, 0.29) is 28.7 Å². The van der Waals surface area contributed by atoms with E-state index in [0.29, 0.717) is 47.7 Å². The second-order valence-electron chi connectivity index (χ2n) is 11.1. The van der Waals surface area contributed by atoms with E-state index in [1.807, 2.05) is 30.3 Å². The minimum atomic E-state index is -0.695. The summed E-state index contributed by atoms with van der Waals surface area (Å²) in [5, 5.41) is 42.6. The van der Waals surface area contributed by atoms with Gasteiger partial charge in [0.05, 0.1) is 12.7 Å². The Labute approximate surface area is 271 Å². The quantitative estimate of drug-likeness (QED) is 0.104. The summed E-state index contributed by atoms with van der Waals surface area (Å²) >= 11 is 0. The fourth-order valence-electron chi connectivity index (χ4n) is 5.71. The van der Waals surface area contributed by atoms with Crippen molar-refractivity contribution in [1.29, 1.82) is 10.5 Å². The smallest absolute Gasteiger partial charge is 0.267 e. The third kappa shape index (κ3) is 7.56. The summed E-state index contributed by atoms with van der Waals surface area (Å²) < 4.78 is 20.1. The Morgan fingerprint density at radius 1 is 1.09 bits per heavy atom. The molecule has 0 spiro atoms. The Morgan fingerprint density at radius 3 is 2.55 bits per heavy atom. The topological polar surface area (TPSA) is 155 Å². The van der Waals surface area contributed by atoms with Crippen molar-refractivity contribution in [2.75, 3.05) is 25.1 Å². The van der Waals surface area contributed by atoms with Gasteiger partial charge in [-0.05, 0) is 71.9 Å². The molecule has 1 atom stereocenters. The second-order valence-corrected chi connectivity index (χ2v) is 11.1. The summed E-state index contributed by atoms with van der Waals surface area (Å²) in [6.45, 7) is 1.97. The number of nitrogens with zero attached hydrogens (tertiary/aromatic N) is 4. The van der Waals surface area contributed by atoms with Crippen molar-refractivity contribution in [3.8, 4) is 45.9 Å². The van der Waals surface area contributed by atoms with E-state index in [1.54, 1.807) is 36.0 Å². The lowest BCUT2D eigenvalue weighted by Gasteiger charge is -2.25. The largest absolute Gasteiger partial charge is 0.504 e. The number of pyridine rings is 1. The van der Waals surface area contributed by atoms with Crippen molar-refractivity contribution in [3.63, 3.8) is 0 Å². The average molecular weight is 633 g/mol. The van der Waals surface area contributed by atoms with Gasteiger partial charge in [0.2, 0.25) is 0 Å². The van der Waals surface area contributed by atoms with Crippen molar-refractivity contribution in [2.24, 2.45) is 0 Å². The van der Waals surface area contributed by atoms with Gasteiger partial charge in [0, 0.05) is 49.1 Å². The van der Waals surface area contributed by atoms with Crippen LogP contribution in [0.25, 0.3) is 28.3 Å². The highest BCUT2D eigenvalue weighted by atomic mass is 19.1. The first kappa shape index (κ1) is 32.6. The Bertz CT molecular complexity index is 1880. The van der Waals surface area contributed by atoms with Crippen molar-refractivity contribution in [2.45, 2.75) is 31.8 Å². The number of hydroxylamine groups is 1. The molecule has 1 saturated heterocycles. The van der Waals surface area contributed by atoms with Gasteiger partial charge in [0.15, 0.2) is 11.5 Å². The number of halogens is 1. The average Bonchev–Trinajstić information content (AvgIpc) is 3.35. The van der Waals surface area contributed by atoms with Crippen LogP contribution in [0.4, 0.5) is 10.2 Å². The molecule has 0 saturated carbocycles. The standard InChI is InChI=1S/C36H33FN6O4/c1-47-33-12-11-25(18-32(33)44)30-22-41-36(29(20-39)35(30)26-9-10-27(19-38)31(37)17-26)43-15-2-3-28(14-16-43)40-21-24-6-4-23(5-7-24)8-13-34(45)42-46/h4-13,17-18,22,28,40,44,46H,2-3,14-16,21H2,1H3,(H,42,45)/b13-8+. The predicted octanol–water partition coefficient (Wildman–Crippen LogP) is 5.68. The molecule has 0 radical (unpaired) electrons. The van der Waals surface area contributed by atoms with Gasteiger partial charge in [-0.25, -0.2) is 14.9 Å². The molecule has 238 valence electrons. The number of carbonyl (C=O) groups is 1. The highest BCUT2D eigenvalue weighted by Crippen LogP contribution is 2.41. The molecule has 1 aliphatic heterocycles. The van der Waals surface area contributed by atoms with Crippen molar-refractivity contribution >= 4 is 17.8 Å². The lowest BCUT2D eigenvalue weighted by atomic mass is 9.91. The Kier molecular flexibility index (Phi) is 10.4. The Hall–Kier alpha value is -5.75. The number of hydrogen-bond donors (Lipinski definition) is 4. The van der Waals surface area contributed by atoms with Gasteiger partial charge in [0.1, 0.15) is 29.3 Å². The number of aromatic hydroxyl groups is 1. The van der Waals surface area contributed by atoms with Gasteiger partial charge >= 0.3 is 0 Å². The monoisotopic (exact) mass is 632 g/mol. The van der Waals surface area contributed by atoms with Gasteiger partial charge in [-0.15, -0.1) is 0 Å². The molecule has 0 aliphatic carbocycles. The number of phenols is 1. The summed E-state index contributed by atoms with van der Waals surface area (Å²) in [5.41, 5.74) is 5.63. The molecule has 1 unspecified atom stereocenters. The number of anilines is 1. The second kappa shape index (κ2) is 15.0. The van der Waals surface area contributed by atoms with Gasteiger partial charge in [-0.3, -0.25) is 10.0 Å². The summed E-state index contributed by atoms with van der Waals surface area (Å²) in [4.78, 5) is 18.0. The van der Waals surface area contributed by atoms with Crippen LogP contribution >= 0.6 is 0 Å². The number of nitriles is 2. The normalized spacial score (nSPS) is 14.7. The minimum absolute atomic E-state index is 0.0875. The van der Waals surface area contributed by atoms with E-state index in [2.05, 4.69) is 16.3 Å². The first-order chi connectivity index (χ1) is 22.8. The van der Waals surface area contributed by atoms with Crippen LogP contribution in [-0.2, 0) is 11.3 Å². The maximum absolute atomic E-state index is 14.9. The number of nitrogens with one attached hydrogen (secondary N) is 2. The zero-order valence-corrected chi connectivity index (χ0v) is 25.7. The molecular formula is C36H33FN6O4. The van der Waals surface area contributed by atoms with Gasteiger partial charge in [-0.2, -0.15) is 10.5 Å². The number of methoxy groups -OCH3 is 1. The maximum atomic E-state index is 14.9. The molecule has 1 fully saturated rings. The fraction of sp³-hybridized carbons (Fsp3) is 0.222. The molecule has 5 rings (SSSR count). The van der Waals surface area contributed by atoms with Crippen molar-refractivity contribution in [3.05, 3.63) is 101 Å². The van der Waals surface area contributed by atoms with Crippen LogP contribution < -0.4 is 20.4 Å². The SMILES string of the molecule is COc1ccc(-c2cnc(N3CCCC(NCc4ccc(/C=C/C(=O)NO)cc4)CC3)c(C#N)c2-c2ccc(C#N)c(F)c2)cc1O. The number of phenolic OH excluding ortho intramolecular Hbond substituents is 1. The van der Waals surface area contributed by atoms with Crippen LogP contribution in [0, 0.1) is 28.5 Å². The molecule has 4 N–H and O–H groups in total. The number of hydrogen-bond acceptors (Lipinski definition) is 9. The minimum Gasteiger partial charge on any atom is -0.504 e. The molecule has 1 aromatic heterocycles. The lowest BCUT2D eigenvalue weighted by molar-refractivity contribution is -0.124. The Balaban J connectivity index is 1.39. The van der Waals surface area contributed by atoms with Crippen LogP contribution in [0.2, 0.25) is 0 Å². The highest BCUT2D eigenvalue weighted by Gasteiger charge is 2.25. The zero-order valence-electron chi connectivity index (χ0n) is 25.7. The molecule has 4 aromatic rings. The maximum Gasteiger partial charge on any atom is 0.267 e. The molecule has 3 aromatic carbocycles. The van der Waals surface area contributed by atoms with Gasteiger partial charge in [0.25, 0.3) is 5.91 Å². The van der Waals surface area contributed by atoms with Crippen LogP contribution in [0.1, 0.15) is 41.5 Å². The van der Waals surface area contributed by atoms with Crippen molar-refractivity contribution in [1.82, 2.24) is 15.8 Å². The van der Waals surface area contributed by atoms with Crippen LogP contribution in [0.15, 0.2) is 72.9 Å². The van der Waals surface area contributed by atoms with E-state index in [0.717, 1.165) is 30.4 Å². The highest BCUT2D eigenvalue weighted by molar-refractivity contribution is 5.91. The third-order valence-electron chi connectivity index (χ3n) is 8.18. The molecule has 47 heavy (non-hydrogen) atoms. The number of benzene rings is 3. The summed E-state index contributed by atoms with van der Waals surface area (Å²) in [5.74, 6) is -0.595. The van der Waals surface area contributed by atoms with Crippen LogP contribution in [-0.4, -0.2) is 47.4 Å². The molecular weight excluding hydrogens is 599 g/mol. The number of ether oxygens (including phenoxy) is 1.